The number of aryl methyl sites for hydroxylation is 1. The topological polar surface area (TPSA) is 177 Å². The lowest BCUT2D eigenvalue weighted by Crippen LogP contribution is -2.35. The van der Waals surface area contributed by atoms with Gasteiger partial charge in [0.1, 0.15) is 17.0 Å². The number of nitrogens with zero attached hydrogens (tertiary/aromatic N) is 7. The molecule has 40 heavy (non-hydrogen) atoms. The minimum Gasteiger partial charge on any atom is -0.382 e. The van der Waals surface area contributed by atoms with Gasteiger partial charge in [-0.25, -0.2) is 18.4 Å². The molecule has 2 atom stereocenters. The smallest absolute Gasteiger partial charge is 0.295 e. The molecule has 5 heterocycles. The fourth-order valence-electron chi connectivity index (χ4n) is 5.02. The SMILES string of the molecule is C/C=C\N(C(=O)c1ncn[nH]1)[C@H](C)CCc1nc2c(-c3ccc(C4CCCN4)nc3)cnn2c(N)c1S(C)(=O)=O. The predicted octanol–water partition coefficient (Wildman–Crippen LogP) is 2.32. The molecule has 1 unspecified atom stereocenters. The normalized spacial score (nSPS) is 16.6. The first-order valence-electron chi connectivity index (χ1n) is 13.1. The molecule has 1 fully saturated rings. The third-order valence-corrected chi connectivity index (χ3v) is 8.22. The molecule has 0 aromatic carbocycles. The second-order valence-electron chi connectivity index (χ2n) is 9.88. The zero-order valence-electron chi connectivity index (χ0n) is 22.6. The largest absolute Gasteiger partial charge is 0.382 e. The molecule has 1 aliphatic rings. The van der Waals surface area contributed by atoms with Crippen molar-refractivity contribution in [3.8, 4) is 11.1 Å². The highest BCUT2D eigenvalue weighted by molar-refractivity contribution is 7.91. The third kappa shape index (κ3) is 5.31. The molecule has 1 amide bonds. The molecule has 14 heteroatoms. The van der Waals surface area contributed by atoms with Crippen LogP contribution in [0, 0.1) is 0 Å². The molecule has 13 nitrogen and oxygen atoms in total. The van der Waals surface area contributed by atoms with E-state index in [1.807, 2.05) is 19.1 Å². The zero-order valence-corrected chi connectivity index (χ0v) is 23.4. The molecule has 0 saturated carbocycles. The Morgan fingerprint density at radius 3 is 2.75 bits per heavy atom. The molecular weight excluding hydrogens is 532 g/mol. The summed E-state index contributed by atoms with van der Waals surface area (Å²) in [7, 11) is -3.74. The van der Waals surface area contributed by atoms with Gasteiger partial charge in [0.25, 0.3) is 5.91 Å². The maximum atomic E-state index is 13.0. The van der Waals surface area contributed by atoms with E-state index in [1.54, 1.807) is 31.6 Å². The Labute approximate surface area is 231 Å². The van der Waals surface area contributed by atoms with Gasteiger partial charge in [-0.15, -0.1) is 0 Å². The summed E-state index contributed by atoms with van der Waals surface area (Å²) in [6, 6.07) is 3.88. The maximum absolute atomic E-state index is 13.0. The van der Waals surface area contributed by atoms with E-state index in [0.29, 0.717) is 23.3 Å². The lowest BCUT2D eigenvalue weighted by molar-refractivity contribution is 0.0761. The number of sulfone groups is 1. The van der Waals surface area contributed by atoms with Crippen LogP contribution in [0.3, 0.4) is 0 Å². The summed E-state index contributed by atoms with van der Waals surface area (Å²) in [4.78, 5) is 27.8. The first kappa shape index (κ1) is 27.4. The molecule has 4 N–H and O–H groups in total. The van der Waals surface area contributed by atoms with Crippen LogP contribution >= 0.6 is 0 Å². The molecular formula is C26H32N10O3S. The Bertz CT molecular complexity index is 1640. The second kappa shape index (κ2) is 11.1. The Morgan fingerprint density at radius 2 is 2.12 bits per heavy atom. The highest BCUT2D eigenvalue weighted by atomic mass is 32.2. The first-order chi connectivity index (χ1) is 19.2. The fourth-order valence-corrected chi connectivity index (χ4v) is 6.07. The van der Waals surface area contributed by atoms with Crippen molar-refractivity contribution in [3.05, 3.63) is 60.3 Å². The minimum absolute atomic E-state index is 0.0100. The van der Waals surface area contributed by atoms with Crippen molar-refractivity contribution in [1.82, 2.24) is 45.0 Å². The van der Waals surface area contributed by atoms with E-state index in [-0.39, 0.29) is 40.9 Å². The van der Waals surface area contributed by atoms with Crippen LogP contribution in [0.25, 0.3) is 16.8 Å². The quantitative estimate of drug-likeness (QED) is 0.273. The van der Waals surface area contributed by atoms with Gasteiger partial charge in [0.15, 0.2) is 15.5 Å². The first-order valence-corrected chi connectivity index (χ1v) is 14.9. The van der Waals surface area contributed by atoms with Crippen LogP contribution in [-0.4, -0.2) is 72.8 Å². The molecule has 210 valence electrons. The van der Waals surface area contributed by atoms with E-state index >= 15 is 0 Å². The van der Waals surface area contributed by atoms with E-state index in [4.69, 9.17) is 10.7 Å². The molecule has 0 radical (unpaired) electrons. The number of nitrogens with two attached hydrogens (primary N) is 1. The summed E-state index contributed by atoms with van der Waals surface area (Å²) < 4.78 is 27.0. The number of amides is 1. The summed E-state index contributed by atoms with van der Waals surface area (Å²) in [5.74, 6) is -0.252. The molecule has 5 rings (SSSR count). The molecule has 4 aromatic heterocycles. The highest BCUT2D eigenvalue weighted by Gasteiger charge is 2.27. The van der Waals surface area contributed by atoms with Gasteiger partial charge >= 0.3 is 0 Å². The van der Waals surface area contributed by atoms with E-state index in [0.717, 1.165) is 36.9 Å². The third-order valence-electron chi connectivity index (χ3n) is 7.03. The average molecular weight is 565 g/mol. The fraction of sp³-hybridized carbons (Fsp3) is 0.385. The van der Waals surface area contributed by atoms with Crippen LogP contribution in [0.2, 0.25) is 0 Å². The number of anilines is 1. The van der Waals surface area contributed by atoms with Crippen molar-refractivity contribution in [2.75, 3.05) is 18.5 Å². The van der Waals surface area contributed by atoms with Gasteiger partial charge in [-0.2, -0.15) is 14.7 Å². The van der Waals surface area contributed by atoms with Gasteiger partial charge in [-0.05, 0) is 52.1 Å². The maximum Gasteiger partial charge on any atom is 0.295 e. The number of allylic oxidation sites excluding steroid dienone is 1. The molecule has 1 aliphatic heterocycles. The van der Waals surface area contributed by atoms with E-state index in [1.165, 1.54) is 15.7 Å². The van der Waals surface area contributed by atoms with Crippen LogP contribution in [0.5, 0.6) is 0 Å². The van der Waals surface area contributed by atoms with Gasteiger partial charge in [0.2, 0.25) is 5.82 Å². The number of nitrogens with one attached hydrogen (secondary N) is 2. The van der Waals surface area contributed by atoms with Gasteiger partial charge in [-0.1, -0.05) is 12.1 Å². The monoisotopic (exact) mass is 564 g/mol. The van der Waals surface area contributed by atoms with Gasteiger partial charge in [-0.3, -0.25) is 14.9 Å². The molecule has 1 saturated heterocycles. The van der Waals surface area contributed by atoms with Crippen LogP contribution in [-0.2, 0) is 16.3 Å². The molecule has 0 spiro atoms. The molecule has 0 aliphatic carbocycles. The van der Waals surface area contributed by atoms with Crippen molar-refractivity contribution in [1.29, 1.82) is 0 Å². The van der Waals surface area contributed by atoms with Gasteiger partial charge in [0, 0.05) is 41.9 Å². The predicted molar refractivity (Wildman–Crippen MR) is 149 cm³/mol. The highest BCUT2D eigenvalue weighted by Crippen LogP contribution is 2.31. The van der Waals surface area contributed by atoms with Gasteiger partial charge < -0.3 is 16.0 Å². The van der Waals surface area contributed by atoms with Gasteiger partial charge in [0.05, 0.1) is 17.6 Å². The van der Waals surface area contributed by atoms with E-state index in [2.05, 4.69) is 30.6 Å². The molecule has 0 bridgehead atoms. The van der Waals surface area contributed by atoms with Crippen molar-refractivity contribution in [2.24, 2.45) is 0 Å². The standard InChI is InChI=1S/C26H32N10O3S/c1-4-12-35(26(37)24-30-15-31-34-24)16(2)7-9-21-22(40(3,38)39)23(27)36-25(33-21)18(14-32-36)17-8-10-20(29-13-17)19-6-5-11-28-19/h4,8,10,12-16,19,28H,5-7,9,11,27H2,1-3H3,(H,30,31,34)/b12-4-/t16-,19?/m1/s1. The summed E-state index contributed by atoms with van der Waals surface area (Å²) in [6.45, 7) is 4.65. The Morgan fingerprint density at radius 1 is 1.30 bits per heavy atom. The average Bonchev–Trinajstić information content (AvgIpc) is 3.71. The summed E-state index contributed by atoms with van der Waals surface area (Å²) in [6.07, 6.45) is 12.0. The Kier molecular flexibility index (Phi) is 7.63. The van der Waals surface area contributed by atoms with E-state index < -0.39 is 9.84 Å². The zero-order chi connectivity index (χ0) is 28.4. The summed E-state index contributed by atoms with van der Waals surface area (Å²) in [5.41, 5.74) is 9.61. The lowest BCUT2D eigenvalue weighted by atomic mass is 10.1. The number of aromatic nitrogens is 7. The number of carbonyl (C=O) groups is 1. The lowest BCUT2D eigenvalue weighted by Gasteiger charge is -2.25. The van der Waals surface area contributed by atoms with Crippen LogP contribution in [0.15, 0.2) is 48.0 Å². The van der Waals surface area contributed by atoms with Crippen LogP contribution in [0.4, 0.5) is 5.82 Å². The van der Waals surface area contributed by atoms with Crippen molar-refractivity contribution in [3.63, 3.8) is 0 Å². The number of hydrogen-bond donors (Lipinski definition) is 3. The number of rotatable bonds is 9. The van der Waals surface area contributed by atoms with Crippen LogP contribution < -0.4 is 11.1 Å². The Balaban J connectivity index is 1.48. The van der Waals surface area contributed by atoms with Crippen LogP contribution in [0.1, 0.15) is 61.2 Å². The number of H-pyrrole nitrogens is 1. The summed E-state index contributed by atoms with van der Waals surface area (Å²) >= 11 is 0. The summed E-state index contributed by atoms with van der Waals surface area (Å²) in [5, 5.41) is 14.1. The minimum atomic E-state index is -3.74. The number of carbonyl (C=O) groups excluding carboxylic acids is 1. The molecule has 4 aromatic rings. The van der Waals surface area contributed by atoms with Crippen molar-refractivity contribution < 1.29 is 13.2 Å². The number of fused-ring (bicyclic) bond motifs is 1. The van der Waals surface area contributed by atoms with Crippen molar-refractivity contribution in [2.45, 2.75) is 56.5 Å². The number of pyridine rings is 1. The number of nitrogen functional groups attached to an aromatic ring is 1. The number of hydrogen-bond acceptors (Lipinski definition) is 10. The van der Waals surface area contributed by atoms with Crippen molar-refractivity contribution >= 4 is 27.2 Å². The number of aromatic amines is 1. The Hall–Kier alpha value is -4.17. The van der Waals surface area contributed by atoms with E-state index in [9.17, 15) is 13.2 Å². The second-order valence-corrected chi connectivity index (χ2v) is 11.8.